The van der Waals surface area contributed by atoms with Crippen molar-refractivity contribution in [1.82, 2.24) is 0 Å². The smallest absolute Gasteiger partial charge is 0.152 e. The van der Waals surface area contributed by atoms with Gasteiger partial charge in [-0.25, -0.2) is 0 Å². The predicted octanol–water partition coefficient (Wildman–Crippen LogP) is 3.19. The van der Waals surface area contributed by atoms with Crippen LogP contribution in [-0.2, 0) is 11.2 Å². The second-order valence-corrected chi connectivity index (χ2v) is 4.85. The molecule has 1 rings (SSSR count). The summed E-state index contributed by atoms with van der Waals surface area (Å²) in [4.78, 5) is 0.946. The summed E-state index contributed by atoms with van der Waals surface area (Å²) in [5.74, 6) is 0.782. The Morgan fingerprint density at radius 3 is 2.43 bits per heavy atom. The summed E-state index contributed by atoms with van der Waals surface area (Å²) >= 11 is -0.807. The zero-order valence-electron chi connectivity index (χ0n) is 8.45. The summed E-state index contributed by atoms with van der Waals surface area (Å²) in [6, 6.07) is 9.67. The summed E-state index contributed by atoms with van der Waals surface area (Å²) in [5.41, 5.74) is 0. The Hall–Kier alpha value is -0.470. The topological polar surface area (TPSA) is 23.1 Å². The molecule has 0 aromatic heterocycles. The Morgan fingerprint density at radius 2 is 1.79 bits per heavy atom. The van der Waals surface area contributed by atoms with Crippen LogP contribution in [-0.4, -0.2) is 10.3 Å². The molecule has 0 saturated carbocycles. The van der Waals surface area contributed by atoms with Crippen molar-refractivity contribution in [2.75, 3.05) is 5.75 Å². The van der Waals surface area contributed by atoms with Gasteiger partial charge >= 0.3 is 0 Å². The minimum atomic E-state index is -0.807. The maximum Gasteiger partial charge on any atom is 0.152 e. The van der Waals surface area contributed by atoms with Gasteiger partial charge in [0.15, 0.2) is 4.90 Å². The van der Waals surface area contributed by atoms with Crippen molar-refractivity contribution in [2.24, 2.45) is 0 Å². The molecule has 77 valence electrons. The molecule has 0 aliphatic carbocycles. The van der Waals surface area contributed by atoms with Crippen LogP contribution in [0.4, 0.5) is 0 Å². The van der Waals surface area contributed by atoms with Gasteiger partial charge in [-0.1, -0.05) is 38.0 Å². The lowest BCUT2D eigenvalue weighted by Gasteiger charge is -2.09. The van der Waals surface area contributed by atoms with Gasteiger partial charge in [0.05, 0.1) is 0 Å². The van der Waals surface area contributed by atoms with Crippen molar-refractivity contribution in [2.45, 2.75) is 30.6 Å². The third-order valence-electron chi connectivity index (χ3n) is 2.09. The van der Waals surface area contributed by atoms with Gasteiger partial charge < -0.3 is 4.55 Å². The van der Waals surface area contributed by atoms with Crippen LogP contribution >= 0.6 is 0 Å². The predicted molar refractivity (Wildman–Crippen MR) is 61.5 cm³/mol. The third-order valence-corrected chi connectivity index (χ3v) is 3.54. The summed E-state index contributed by atoms with van der Waals surface area (Å²) in [6.45, 7) is 3.78. The molecule has 1 aromatic rings. The van der Waals surface area contributed by atoms with Crippen LogP contribution in [0.15, 0.2) is 35.2 Å². The molecular formula is C12H17OS. The fraction of sp³-hybridized carbons (Fsp3) is 0.417. The number of unbranched alkanes of at least 4 members (excludes halogenated alkanes) is 3. The molecule has 0 bridgehead atoms. The molecule has 0 N–H and O–H groups in total. The minimum absolute atomic E-state index is 0.782. The molecule has 0 amide bonds. The van der Waals surface area contributed by atoms with Gasteiger partial charge in [-0.15, -0.1) is 0 Å². The Bertz CT molecular complexity index is 235. The van der Waals surface area contributed by atoms with E-state index in [1.807, 2.05) is 30.3 Å². The minimum Gasteiger partial charge on any atom is -0.611 e. The number of hydrogen-bond acceptors (Lipinski definition) is 1. The highest BCUT2D eigenvalue weighted by Crippen LogP contribution is 2.12. The van der Waals surface area contributed by atoms with E-state index in [2.05, 4.69) is 6.92 Å². The van der Waals surface area contributed by atoms with E-state index in [4.69, 9.17) is 0 Å². The highest BCUT2D eigenvalue weighted by Gasteiger charge is 2.08. The molecule has 1 aromatic carbocycles. The molecule has 1 atom stereocenters. The molecule has 0 heterocycles. The molecule has 1 radical (unpaired) electrons. The molecule has 0 spiro atoms. The fourth-order valence-corrected chi connectivity index (χ4v) is 2.44. The van der Waals surface area contributed by atoms with Crippen molar-refractivity contribution in [3.05, 3.63) is 37.3 Å². The molecule has 14 heavy (non-hydrogen) atoms. The Morgan fingerprint density at radius 1 is 1.07 bits per heavy atom. The van der Waals surface area contributed by atoms with Gasteiger partial charge in [0.2, 0.25) is 0 Å². The Kier molecular flexibility index (Phi) is 5.72. The molecule has 0 aliphatic heterocycles. The van der Waals surface area contributed by atoms with Crippen molar-refractivity contribution < 1.29 is 4.55 Å². The van der Waals surface area contributed by atoms with Crippen LogP contribution < -0.4 is 0 Å². The normalized spacial score (nSPS) is 12.7. The van der Waals surface area contributed by atoms with Crippen molar-refractivity contribution in [3.8, 4) is 0 Å². The van der Waals surface area contributed by atoms with E-state index in [9.17, 15) is 4.55 Å². The SMILES string of the molecule is [CH2]CCCCC[S+]([O-])c1ccccc1. The van der Waals surface area contributed by atoms with E-state index in [1.54, 1.807) is 0 Å². The number of benzene rings is 1. The van der Waals surface area contributed by atoms with Crippen molar-refractivity contribution in [1.29, 1.82) is 0 Å². The summed E-state index contributed by atoms with van der Waals surface area (Å²) < 4.78 is 11.7. The Labute approximate surface area is 89.7 Å². The van der Waals surface area contributed by atoms with Crippen LogP contribution in [0.5, 0.6) is 0 Å². The molecule has 0 saturated heterocycles. The van der Waals surface area contributed by atoms with Gasteiger partial charge in [-0.05, 0) is 36.2 Å². The van der Waals surface area contributed by atoms with Gasteiger partial charge in [0.1, 0.15) is 5.75 Å². The van der Waals surface area contributed by atoms with Gasteiger partial charge in [-0.2, -0.15) is 0 Å². The standard InChI is InChI=1S/C12H17OS/c1-2-3-4-8-11-14(13)12-9-6-5-7-10-12/h5-7,9-10H,1-4,8,11H2. The largest absolute Gasteiger partial charge is 0.611 e. The van der Waals surface area contributed by atoms with Crippen LogP contribution in [0, 0.1) is 6.92 Å². The molecule has 0 fully saturated rings. The Balaban J connectivity index is 2.25. The molecule has 0 aliphatic rings. The average molecular weight is 209 g/mol. The highest BCUT2D eigenvalue weighted by molar-refractivity contribution is 7.91. The first-order valence-corrected chi connectivity index (χ1v) is 6.39. The number of rotatable bonds is 6. The van der Waals surface area contributed by atoms with Gasteiger partial charge in [0, 0.05) is 0 Å². The van der Waals surface area contributed by atoms with E-state index in [0.29, 0.717) is 0 Å². The lowest BCUT2D eigenvalue weighted by Crippen LogP contribution is -2.06. The summed E-state index contributed by atoms with van der Waals surface area (Å²) in [6.07, 6.45) is 4.31. The monoisotopic (exact) mass is 209 g/mol. The third kappa shape index (κ3) is 4.16. The van der Waals surface area contributed by atoms with Crippen LogP contribution in [0.1, 0.15) is 25.7 Å². The zero-order valence-corrected chi connectivity index (χ0v) is 9.26. The molecule has 2 heteroatoms. The maximum absolute atomic E-state index is 11.7. The second kappa shape index (κ2) is 6.91. The van der Waals surface area contributed by atoms with Crippen LogP contribution in [0.3, 0.4) is 0 Å². The molecular weight excluding hydrogens is 192 g/mol. The maximum atomic E-state index is 11.7. The molecule has 1 unspecified atom stereocenters. The van der Waals surface area contributed by atoms with E-state index >= 15 is 0 Å². The lowest BCUT2D eigenvalue weighted by molar-refractivity contribution is 0.589. The van der Waals surface area contributed by atoms with E-state index in [-0.39, 0.29) is 0 Å². The van der Waals surface area contributed by atoms with Crippen molar-refractivity contribution in [3.63, 3.8) is 0 Å². The van der Waals surface area contributed by atoms with Gasteiger partial charge in [-0.3, -0.25) is 0 Å². The highest BCUT2D eigenvalue weighted by atomic mass is 32.2. The van der Waals surface area contributed by atoms with E-state index in [1.165, 1.54) is 0 Å². The summed E-state index contributed by atoms with van der Waals surface area (Å²) in [5, 5.41) is 0. The van der Waals surface area contributed by atoms with Crippen LogP contribution in [0.2, 0.25) is 0 Å². The van der Waals surface area contributed by atoms with E-state index < -0.39 is 11.2 Å². The van der Waals surface area contributed by atoms with Crippen LogP contribution in [0.25, 0.3) is 0 Å². The zero-order chi connectivity index (χ0) is 10.2. The van der Waals surface area contributed by atoms with E-state index in [0.717, 1.165) is 36.3 Å². The first-order chi connectivity index (χ1) is 6.84. The first kappa shape index (κ1) is 11.6. The number of hydrogen-bond donors (Lipinski definition) is 0. The first-order valence-electron chi connectivity index (χ1n) is 5.07. The van der Waals surface area contributed by atoms with Gasteiger partial charge in [0.25, 0.3) is 0 Å². The lowest BCUT2D eigenvalue weighted by atomic mass is 10.2. The quantitative estimate of drug-likeness (QED) is 0.521. The molecule has 1 nitrogen and oxygen atoms in total. The second-order valence-electron chi connectivity index (χ2n) is 3.28. The average Bonchev–Trinajstić information content (AvgIpc) is 2.25. The van der Waals surface area contributed by atoms with Crippen molar-refractivity contribution >= 4 is 11.2 Å². The summed E-state index contributed by atoms with van der Waals surface area (Å²) in [7, 11) is 0. The fourth-order valence-electron chi connectivity index (χ4n) is 1.28.